The maximum absolute atomic E-state index is 11.3. The van der Waals surface area contributed by atoms with Crippen LogP contribution in [0.2, 0.25) is 0 Å². The summed E-state index contributed by atoms with van der Waals surface area (Å²) in [5.41, 5.74) is 1.84. The Balaban J connectivity index is 0.000000677. The van der Waals surface area contributed by atoms with Crippen LogP contribution in [-0.2, 0) is 11.3 Å². The van der Waals surface area contributed by atoms with E-state index >= 15 is 0 Å². The lowest BCUT2D eigenvalue weighted by atomic mass is 10.3. The van der Waals surface area contributed by atoms with Crippen molar-refractivity contribution in [3.05, 3.63) is 30.1 Å². The number of para-hydroxylation sites is 2. The highest BCUT2D eigenvalue weighted by molar-refractivity contribution is 5.74. The van der Waals surface area contributed by atoms with Crippen molar-refractivity contribution in [1.29, 1.82) is 0 Å². The Kier molecular flexibility index (Phi) is 7.89. The summed E-state index contributed by atoms with van der Waals surface area (Å²) in [6, 6.07) is 7.72. The maximum Gasteiger partial charge on any atom is 0.407 e. The van der Waals surface area contributed by atoms with Gasteiger partial charge in [-0.25, -0.2) is 9.78 Å². The summed E-state index contributed by atoms with van der Waals surface area (Å²) >= 11 is 0. The minimum absolute atomic E-state index is 0.326. The quantitative estimate of drug-likeness (QED) is 0.739. The summed E-state index contributed by atoms with van der Waals surface area (Å²) in [6.45, 7) is 5.56. The molecule has 3 N–H and O–H groups in total. The molecule has 0 spiro atoms. The van der Waals surface area contributed by atoms with Gasteiger partial charge in [0.15, 0.2) is 0 Å². The normalized spacial score (nSPS) is 9.86. The maximum atomic E-state index is 11.3. The van der Waals surface area contributed by atoms with Crippen LogP contribution in [0.3, 0.4) is 0 Å². The fourth-order valence-corrected chi connectivity index (χ4v) is 1.54. The number of fused-ring (bicyclic) bond motifs is 1. The van der Waals surface area contributed by atoms with E-state index in [4.69, 9.17) is 4.74 Å². The number of aromatic amines is 1. The number of rotatable bonds is 5. The van der Waals surface area contributed by atoms with E-state index in [1.165, 1.54) is 6.42 Å². The van der Waals surface area contributed by atoms with E-state index in [2.05, 4.69) is 34.4 Å². The van der Waals surface area contributed by atoms with Gasteiger partial charge in [-0.1, -0.05) is 32.4 Å². The average Bonchev–Trinajstić information content (AvgIpc) is 2.89. The van der Waals surface area contributed by atoms with Gasteiger partial charge in [0.1, 0.15) is 12.4 Å². The monoisotopic (exact) mass is 292 g/mol. The molecular formula is C15H24N4O2. The molecule has 2 aromatic rings. The van der Waals surface area contributed by atoms with E-state index in [1.54, 1.807) is 7.05 Å². The van der Waals surface area contributed by atoms with Crippen LogP contribution in [0.1, 0.15) is 26.1 Å². The van der Waals surface area contributed by atoms with Gasteiger partial charge in [-0.15, -0.1) is 0 Å². The number of benzene rings is 1. The fourth-order valence-electron chi connectivity index (χ4n) is 1.54. The smallest absolute Gasteiger partial charge is 0.407 e. The molecule has 0 aliphatic rings. The second-order valence-corrected chi connectivity index (χ2v) is 4.50. The number of carbonyl (C=O) groups excluding carboxylic acids is 1. The number of alkyl carbamates (subject to hydrolysis) is 1. The van der Waals surface area contributed by atoms with Gasteiger partial charge in [0.05, 0.1) is 17.6 Å². The molecule has 6 heteroatoms. The topological polar surface area (TPSA) is 79.0 Å². The van der Waals surface area contributed by atoms with Crippen molar-refractivity contribution < 1.29 is 9.53 Å². The molecule has 0 saturated carbocycles. The molecule has 0 saturated heterocycles. The average molecular weight is 292 g/mol. The first-order chi connectivity index (χ1) is 10.2. The first-order valence-corrected chi connectivity index (χ1v) is 7.20. The van der Waals surface area contributed by atoms with Crippen LogP contribution >= 0.6 is 0 Å². The number of hydrogen-bond donors (Lipinski definition) is 3. The summed E-state index contributed by atoms with van der Waals surface area (Å²) in [5.74, 6) is 0.710. The first kappa shape index (κ1) is 17.0. The molecule has 2 rings (SSSR count). The van der Waals surface area contributed by atoms with E-state index in [-0.39, 0.29) is 0 Å². The van der Waals surface area contributed by atoms with Gasteiger partial charge < -0.3 is 20.4 Å². The third-order valence-corrected chi connectivity index (χ3v) is 2.42. The molecule has 1 heterocycles. The number of amides is 1. The molecular weight excluding hydrogens is 268 g/mol. The van der Waals surface area contributed by atoms with Crippen LogP contribution in [0.5, 0.6) is 0 Å². The second-order valence-electron chi connectivity index (χ2n) is 4.50. The number of ether oxygens (including phenoxy) is 1. The van der Waals surface area contributed by atoms with E-state index in [1.807, 2.05) is 24.3 Å². The minimum Gasteiger partial charge on any atom is -0.448 e. The first-order valence-electron chi connectivity index (χ1n) is 7.20. The summed E-state index contributed by atoms with van der Waals surface area (Å²) in [5, 5.41) is 5.53. The zero-order valence-corrected chi connectivity index (χ0v) is 12.9. The van der Waals surface area contributed by atoms with Gasteiger partial charge in [0.25, 0.3) is 0 Å². The molecule has 6 nitrogen and oxygen atoms in total. The Bertz CT molecular complexity index is 506. The highest BCUT2D eigenvalue weighted by Gasteiger charge is 2.05. The molecule has 1 aromatic heterocycles. The summed E-state index contributed by atoms with van der Waals surface area (Å²) in [4.78, 5) is 18.8. The summed E-state index contributed by atoms with van der Waals surface area (Å²) in [6.07, 6.45) is 0.811. The molecule has 0 aliphatic carbocycles. The van der Waals surface area contributed by atoms with Gasteiger partial charge in [0, 0.05) is 6.54 Å². The summed E-state index contributed by atoms with van der Waals surface area (Å²) in [7, 11) is 1.80. The van der Waals surface area contributed by atoms with E-state index in [9.17, 15) is 4.79 Å². The SMILES string of the molecule is CCC.CNCCOC(=O)NCc1nc2ccccc2[nH]1. The van der Waals surface area contributed by atoms with Gasteiger partial charge in [-0.05, 0) is 19.2 Å². The van der Waals surface area contributed by atoms with Crippen molar-refractivity contribution in [2.24, 2.45) is 0 Å². The number of aromatic nitrogens is 2. The van der Waals surface area contributed by atoms with Crippen molar-refractivity contribution in [2.75, 3.05) is 20.2 Å². The molecule has 0 unspecified atom stereocenters. The van der Waals surface area contributed by atoms with E-state index in [0.29, 0.717) is 25.5 Å². The van der Waals surface area contributed by atoms with Gasteiger partial charge >= 0.3 is 6.09 Å². The third-order valence-electron chi connectivity index (χ3n) is 2.42. The van der Waals surface area contributed by atoms with Crippen LogP contribution in [0.15, 0.2) is 24.3 Å². The van der Waals surface area contributed by atoms with Crippen molar-refractivity contribution in [1.82, 2.24) is 20.6 Å². The molecule has 0 aliphatic heterocycles. The van der Waals surface area contributed by atoms with Crippen molar-refractivity contribution in [2.45, 2.75) is 26.8 Å². The van der Waals surface area contributed by atoms with E-state index in [0.717, 1.165) is 11.0 Å². The Labute approximate surface area is 125 Å². The molecule has 0 bridgehead atoms. The fraction of sp³-hybridized carbons (Fsp3) is 0.467. The number of imidazole rings is 1. The Morgan fingerprint density at radius 1 is 1.33 bits per heavy atom. The number of nitrogens with one attached hydrogen (secondary N) is 3. The third kappa shape index (κ3) is 6.27. The standard InChI is InChI=1S/C12H16N4O2.C3H8/c1-13-6-7-18-12(17)14-8-11-15-9-4-2-3-5-10(9)16-11;1-3-2/h2-5,13H,6-8H2,1H3,(H,14,17)(H,15,16);3H2,1-2H3. The van der Waals surface area contributed by atoms with Gasteiger partial charge in [0.2, 0.25) is 0 Å². The molecule has 116 valence electrons. The van der Waals surface area contributed by atoms with Gasteiger partial charge in [-0.3, -0.25) is 0 Å². The lowest BCUT2D eigenvalue weighted by Gasteiger charge is -2.04. The number of carbonyl (C=O) groups is 1. The van der Waals surface area contributed by atoms with Gasteiger partial charge in [-0.2, -0.15) is 0 Å². The van der Waals surface area contributed by atoms with Crippen LogP contribution in [0.4, 0.5) is 4.79 Å². The lowest BCUT2D eigenvalue weighted by molar-refractivity contribution is 0.146. The number of nitrogens with zero attached hydrogens (tertiary/aromatic N) is 1. The van der Waals surface area contributed by atoms with Crippen LogP contribution in [0, 0.1) is 0 Å². The van der Waals surface area contributed by atoms with Crippen LogP contribution in [0.25, 0.3) is 11.0 Å². The van der Waals surface area contributed by atoms with Crippen molar-refractivity contribution >= 4 is 17.1 Å². The Hall–Kier alpha value is -2.08. The number of H-pyrrole nitrogens is 1. The molecule has 1 amide bonds. The Morgan fingerprint density at radius 3 is 2.71 bits per heavy atom. The van der Waals surface area contributed by atoms with Crippen LogP contribution in [-0.4, -0.2) is 36.3 Å². The molecule has 0 radical (unpaired) electrons. The highest BCUT2D eigenvalue weighted by atomic mass is 16.5. The molecule has 0 fully saturated rings. The molecule has 0 atom stereocenters. The Morgan fingerprint density at radius 2 is 2.05 bits per heavy atom. The van der Waals surface area contributed by atoms with Crippen molar-refractivity contribution in [3.63, 3.8) is 0 Å². The number of hydrogen-bond acceptors (Lipinski definition) is 4. The minimum atomic E-state index is -0.439. The van der Waals surface area contributed by atoms with Crippen LogP contribution < -0.4 is 10.6 Å². The largest absolute Gasteiger partial charge is 0.448 e. The number of likely N-dealkylation sites (N-methyl/N-ethyl adjacent to an activating group) is 1. The predicted octanol–water partition coefficient (Wildman–Crippen LogP) is 2.42. The second kappa shape index (κ2) is 9.77. The van der Waals surface area contributed by atoms with E-state index < -0.39 is 6.09 Å². The predicted molar refractivity (Wildman–Crippen MR) is 84.2 cm³/mol. The molecule has 21 heavy (non-hydrogen) atoms. The zero-order valence-electron chi connectivity index (χ0n) is 12.9. The lowest BCUT2D eigenvalue weighted by Crippen LogP contribution is -2.27. The molecule has 1 aromatic carbocycles. The summed E-state index contributed by atoms with van der Waals surface area (Å²) < 4.78 is 4.92. The van der Waals surface area contributed by atoms with Crippen molar-refractivity contribution in [3.8, 4) is 0 Å². The highest BCUT2D eigenvalue weighted by Crippen LogP contribution is 2.09. The zero-order chi connectivity index (χ0) is 15.5.